The molecule has 0 amide bonds. The van der Waals surface area contributed by atoms with Crippen LogP contribution in [0.4, 0.5) is 17.1 Å². The molecule has 0 bridgehead atoms. The molecule has 0 aliphatic carbocycles. The number of rotatable bonds is 7. The smallest absolute Gasteiger partial charge is 0.143 e. The maximum absolute atomic E-state index is 6.57. The number of hydrogen-bond acceptors (Lipinski definition) is 2. The minimum Gasteiger partial charge on any atom is -0.455 e. The average Bonchev–Trinajstić information content (AvgIpc) is 3.89. The molecule has 0 atom stereocenters. The topological polar surface area (TPSA) is 21.3 Å². The highest BCUT2D eigenvalue weighted by Gasteiger charge is 2.20. The minimum atomic E-state index is 0.894. The van der Waals surface area contributed by atoms with Crippen LogP contribution in [0.25, 0.3) is 93.6 Å². The Morgan fingerprint density at radius 1 is 0.361 bits per heavy atom. The van der Waals surface area contributed by atoms with E-state index in [1.165, 1.54) is 38.3 Å². The molecule has 0 saturated carbocycles. The Kier molecular flexibility index (Phi) is 8.17. The zero-order chi connectivity index (χ0) is 40.3. The van der Waals surface area contributed by atoms with Crippen LogP contribution in [0, 0.1) is 0 Å². The molecule has 3 nitrogen and oxygen atoms in total. The van der Waals surface area contributed by atoms with Gasteiger partial charge in [-0.1, -0.05) is 158 Å². The first-order chi connectivity index (χ1) is 30.3. The minimum absolute atomic E-state index is 0.894. The summed E-state index contributed by atoms with van der Waals surface area (Å²) in [6.45, 7) is 0. The monoisotopic (exact) mass is 778 g/mol. The first-order valence-corrected chi connectivity index (χ1v) is 20.8. The summed E-state index contributed by atoms with van der Waals surface area (Å²) in [4.78, 5) is 2.39. The van der Waals surface area contributed by atoms with Crippen LogP contribution in [0.3, 0.4) is 0 Å². The normalized spacial score (nSPS) is 11.6. The van der Waals surface area contributed by atoms with Crippen molar-refractivity contribution in [1.82, 2.24) is 4.57 Å². The lowest BCUT2D eigenvalue weighted by atomic mass is 9.97. The first kappa shape index (κ1) is 34.9. The van der Waals surface area contributed by atoms with Crippen molar-refractivity contribution in [3.8, 4) is 39.1 Å². The zero-order valence-electron chi connectivity index (χ0n) is 33.2. The molecule has 0 fully saturated rings. The van der Waals surface area contributed by atoms with Crippen LogP contribution < -0.4 is 4.90 Å². The number of nitrogens with zero attached hydrogens (tertiary/aromatic N) is 2. The second-order valence-electron chi connectivity index (χ2n) is 15.7. The fourth-order valence-electron chi connectivity index (χ4n) is 9.35. The van der Waals surface area contributed by atoms with Gasteiger partial charge in [0.15, 0.2) is 0 Å². The third-order valence-electron chi connectivity index (χ3n) is 12.2. The molecule has 0 unspecified atom stereocenters. The molecule has 12 aromatic rings. The second-order valence-corrected chi connectivity index (χ2v) is 15.7. The van der Waals surface area contributed by atoms with E-state index < -0.39 is 0 Å². The van der Waals surface area contributed by atoms with E-state index in [-0.39, 0.29) is 0 Å². The largest absolute Gasteiger partial charge is 0.455 e. The lowest BCUT2D eigenvalue weighted by Gasteiger charge is -2.28. The van der Waals surface area contributed by atoms with E-state index in [4.69, 9.17) is 4.42 Å². The molecule has 0 saturated heterocycles. The quantitative estimate of drug-likeness (QED) is 0.161. The number of furan rings is 1. The Balaban J connectivity index is 1.01. The number of para-hydroxylation sites is 3. The predicted molar refractivity (Wildman–Crippen MR) is 257 cm³/mol. The Morgan fingerprint density at radius 3 is 1.77 bits per heavy atom. The number of anilines is 3. The van der Waals surface area contributed by atoms with E-state index in [9.17, 15) is 0 Å². The predicted octanol–water partition coefficient (Wildman–Crippen LogP) is 16.3. The van der Waals surface area contributed by atoms with Crippen molar-refractivity contribution in [3.63, 3.8) is 0 Å². The van der Waals surface area contributed by atoms with Crippen molar-refractivity contribution >= 4 is 71.6 Å². The van der Waals surface area contributed by atoms with Gasteiger partial charge in [0.1, 0.15) is 11.2 Å². The summed E-state index contributed by atoms with van der Waals surface area (Å²) in [6, 6.07) is 82.9. The first-order valence-electron chi connectivity index (χ1n) is 20.8. The van der Waals surface area contributed by atoms with Crippen LogP contribution in [0.1, 0.15) is 0 Å². The van der Waals surface area contributed by atoms with Crippen LogP contribution in [0.2, 0.25) is 0 Å². The lowest BCUT2D eigenvalue weighted by Crippen LogP contribution is -2.11. The Bertz CT molecular complexity index is 3560. The van der Waals surface area contributed by atoms with Crippen molar-refractivity contribution in [2.45, 2.75) is 0 Å². The van der Waals surface area contributed by atoms with E-state index in [0.29, 0.717) is 0 Å². The highest BCUT2D eigenvalue weighted by molar-refractivity contribution is 6.19. The van der Waals surface area contributed by atoms with Gasteiger partial charge < -0.3 is 13.9 Å². The van der Waals surface area contributed by atoms with Crippen LogP contribution in [0.15, 0.2) is 235 Å². The highest BCUT2D eigenvalue weighted by Crippen LogP contribution is 2.45. The summed E-state index contributed by atoms with van der Waals surface area (Å²) < 4.78 is 8.94. The molecule has 0 aliphatic rings. The van der Waals surface area contributed by atoms with Crippen molar-refractivity contribution in [1.29, 1.82) is 0 Å². The van der Waals surface area contributed by atoms with Gasteiger partial charge in [-0.25, -0.2) is 0 Å². The molecule has 2 aromatic heterocycles. The molecule has 0 radical (unpaired) electrons. The molecule has 2 heterocycles. The van der Waals surface area contributed by atoms with E-state index in [2.05, 4.69) is 240 Å². The average molecular weight is 779 g/mol. The van der Waals surface area contributed by atoms with Crippen molar-refractivity contribution in [2.24, 2.45) is 0 Å². The molecule has 0 spiro atoms. The maximum Gasteiger partial charge on any atom is 0.143 e. The third-order valence-corrected chi connectivity index (χ3v) is 12.2. The third kappa shape index (κ3) is 5.82. The van der Waals surface area contributed by atoms with Crippen LogP contribution in [-0.2, 0) is 0 Å². The maximum atomic E-state index is 6.57. The van der Waals surface area contributed by atoms with Crippen LogP contribution >= 0.6 is 0 Å². The van der Waals surface area contributed by atoms with Gasteiger partial charge in [0.05, 0.1) is 16.7 Å². The van der Waals surface area contributed by atoms with Gasteiger partial charge in [-0.15, -0.1) is 0 Å². The fourth-order valence-corrected chi connectivity index (χ4v) is 9.35. The highest BCUT2D eigenvalue weighted by atomic mass is 16.3. The Morgan fingerprint density at radius 2 is 0.967 bits per heavy atom. The standard InChI is InChI=1S/C58H38N2O/c1-3-14-39(15-4-1)40-26-32-45(33-27-40)59(46-34-28-42(29-35-46)48-22-13-25-56-57(48)51-36-30-41-16-7-8-20-49(41)58(51)61-56)53-23-11-9-19-47(53)43-31-37-55-52(38-43)50-21-10-12-24-54(50)60(55)44-17-5-2-6-18-44/h1-38H. The molecule has 12 rings (SSSR count). The number of fused-ring (bicyclic) bond motifs is 8. The van der Waals surface area contributed by atoms with Gasteiger partial charge >= 0.3 is 0 Å². The molecular weight excluding hydrogens is 741 g/mol. The van der Waals surface area contributed by atoms with Gasteiger partial charge in [-0.2, -0.15) is 0 Å². The van der Waals surface area contributed by atoms with Gasteiger partial charge in [0, 0.05) is 49.6 Å². The molecular formula is C58H38N2O. The van der Waals surface area contributed by atoms with E-state index >= 15 is 0 Å². The zero-order valence-corrected chi connectivity index (χ0v) is 33.2. The Labute approximate surface area is 353 Å². The molecule has 0 aliphatic heterocycles. The fraction of sp³-hybridized carbons (Fsp3) is 0. The lowest BCUT2D eigenvalue weighted by molar-refractivity contribution is 0.673. The van der Waals surface area contributed by atoms with Crippen LogP contribution in [0.5, 0.6) is 0 Å². The molecule has 3 heteroatoms. The summed E-state index contributed by atoms with van der Waals surface area (Å²) >= 11 is 0. The van der Waals surface area contributed by atoms with Gasteiger partial charge in [0.2, 0.25) is 0 Å². The van der Waals surface area contributed by atoms with Crippen molar-refractivity contribution in [2.75, 3.05) is 4.90 Å². The second kappa shape index (κ2) is 14.3. The number of aromatic nitrogens is 1. The summed E-state index contributed by atoms with van der Waals surface area (Å²) in [7, 11) is 0. The molecule has 10 aromatic carbocycles. The molecule has 0 N–H and O–H groups in total. The van der Waals surface area contributed by atoms with Gasteiger partial charge in [-0.3, -0.25) is 0 Å². The number of benzene rings is 10. The summed E-state index contributed by atoms with van der Waals surface area (Å²) in [5, 5.41) is 7.04. The summed E-state index contributed by atoms with van der Waals surface area (Å²) in [5.41, 5.74) is 15.6. The Hall–Kier alpha value is -8.14. The van der Waals surface area contributed by atoms with Gasteiger partial charge in [0.25, 0.3) is 0 Å². The molecule has 61 heavy (non-hydrogen) atoms. The van der Waals surface area contributed by atoms with E-state index in [0.717, 1.165) is 72.3 Å². The van der Waals surface area contributed by atoms with Gasteiger partial charge in [-0.05, 0) is 106 Å². The summed E-state index contributed by atoms with van der Waals surface area (Å²) in [6.07, 6.45) is 0. The van der Waals surface area contributed by atoms with E-state index in [1.54, 1.807) is 0 Å². The summed E-state index contributed by atoms with van der Waals surface area (Å²) in [5.74, 6) is 0. The SMILES string of the molecule is c1ccc(-c2ccc(N(c3ccc(-c4cccc5oc6c7ccccc7ccc6c45)cc3)c3ccccc3-c3ccc4c(c3)c3ccccc3n4-c3ccccc3)cc2)cc1. The van der Waals surface area contributed by atoms with Crippen molar-refractivity contribution in [3.05, 3.63) is 231 Å². The van der Waals surface area contributed by atoms with Crippen molar-refractivity contribution < 1.29 is 4.42 Å². The molecule has 286 valence electrons. The van der Waals surface area contributed by atoms with Crippen LogP contribution in [-0.4, -0.2) is 4.57 Å². The van der Waals surface area contributed by atoms with E-state index in [1.807, 2.05) is 0 Å². The number of hydrogen-bond donors (Lipinski definition) is 0.